The average Bonchev–Trinajstić information content (AvgIpc) is 3.40. The molecule has 4 heterocycles. The fraction of sp³-hybridized carbons (Fsp3) is 0.406. The topological polar surface area (TPSA) is 127 Å². The Morgan fingerprint density at radius 3 is 2.66 bits per heavy atom. The highest BCUT2D eigenvalue weighted by atomic mass is 32.2. The number of rotatable bonds is 2. The molecule has 3 aliphatic heterocycles. The number of hydrogen-bond donors (Lipinski definition) is 1. The molecule has 44 heavy (non-hydrogen) atoms. The average molecular weight is 620 g/mol. The van der Waals surface area contributed by atoms with Gasteiger partial charge in [0.2, 0.25) is 0 Å². The maximum absolute atomic E-state index is 13.4. The van der Waals surface area contributed by atoms with Gasteiger partial charge in [0.15, 0.2) is 0 Å². The highest BCUT2D eigenvalue weighted by Gasteiger charge is 2.37. The Morgan fingerprint density at radius 2 is 1.86 bits per heavy atom. The molecule has 11 nitrogen and oxygen atoms in total. The van der Waals surface area contributed by atoms with Gasteiger partial charge in [0.25, 0.3) is 0 Å². The van der Waals surface area contributed by atoms with Crippen LogP contribution in [0, 0.1) is 13.8 Å². The van der Waals surface area contributed by atoms with Crippen LogP contribution in [-0.2, 0) is 28.2 Å². The molecule has 1 N–H and O–H groups in total. The lowest BCUT2D eigenvalue weighted by atomic mass is 9.83. The summed E-state index contributed by atoms with van der Waals surface area (Å²) in [6.45, 7) is 8.59. The van der Waals surface area contributed by atoms with Gasteiger partial charge in [-0.15, -0.1) is 5.10 Å². The van der Waals surface area contributed by atoms with E-state index in [-0.39, 0.29) is 13.0 Å². The van der Waals surface area contributed by atoms with Crippen LogP contribution in [-0.4, -0.2) is 70.4 Å². The second kappa shape index (κ2) is 11.8. The van der Waals surface area contributed by atoms with Gasteiger partial charge >= 0.3 is 16.3 Å². The lowest BCUT2D eigenvalue weighted by Gasteiger charge is -2.33. The second-order valence-electron chi connectivity index (χ2n) is 11.8. The van der Waals surface area contributed by atoms with Gasteiger partial charge in [0, 0.05) is 31.1 Å². The molecule has 3 atom stereocenters. The number of hydrogen-bond acceptors (Lipinski definition) is 8. The van der Waals surface area contributed by atoms with Gasteiger partial charge < -0.3 is 18.9 Å². The van der Waals surface area contributed by atoms with Crippen LogP contribution in [0.4, 0.5) is 0 Å². The number of likely N-dealkylation sites (N-methyl/N-ethyl adjacent to an activating group) is 1. The van der Waals surface area contributed by atoms with E-state index in [1.807, 2.05) is 61.9 Å². The molecule has 1 aromatic heterocycles. The smallest absolute Gasteiger partial charge is 0.386 e. The second-order valence-corrected chi connectivity index (χ2v) is 13.3. The molecule has 0 aliphatic carbocycles. The van der Waals surface area contributed by atoms with Gasteiger partial charge in [-0.2, -0.15) is 12.7 Å². The van der Waals surface area contributed by atoms with E-state index in [1.165, 1.54) is 4.31 Å². The fourth-order valence-electron chi connectivity index (χ4n) is 6.28. The SMILES string of the molecule is Cc1ccc2cc1[C@@H](C)N1Cc3cc(ccc3OS1(=O)=O)OCCCN(C)CCn1nnc3c(C)c(ccc31)[C@@H]2CC(=O)O. The molecule has 7 rings (SSSR count). The maximum atomic E-state index is 13.4. The normalized spacial score (nSPS) is 22.2. The number of carboxylic acids is 1. The molecule has 232 valence electrons. The quantitative estimate of drug-likeness (QED) is 0.343. The Labute approximate surface area is 257 Å². The van der Waals surface area contributed by atoms with Crippen molar-refractivity contribution in [1.82, 2.24) is 24.2 Å². The molecule has 3 aliphatic rings. The number of aromatic nitrogens is 3. The van der Waals surface area contributed by atoms with Crippen molar-refractivity contribution in [3.05, 3.63) is 81.9 Å². The first-order valence-electron chi connectivity index (χ1n) is 14.8. The Bertz CT molecular complexity index is 1840. The molecular formula is C32H37N5O6S. The number of aryl methyl sites for hydroxylation is 2. The number of aliphatic carboxylic acids is 1. The predicted molar refractivity (Wildman–Crippen MR) is 165 cm³/mol. The Kier molecular flexibility index (Phi) is 8.08. The standard InChI is InChI=1S/C32H37N5O6S/c1-20-6-7-23-17-27(20)22(3)37-19-24-16-25(8-11-30(24)43-44(37,40)41)42-15-5-12-35(4)13-14-36-29-10-9-26(28(23)18-31(38)39)21(2)32(29)33-34-36/h6-11,16-17,22,28H,5,12-15,18-19H2,1-4H3,(H,38,39)/t22-,28-/m1/s1. The van der Waals surface area contributed by atoms with Crippen LogP contribution < -0.4 is 8.92 Å². The molecule has 9 bridgehead atoms. The van der Waals surface area contributed by atoms with E-state index in [1.54, 1.807) is 12.1 Å². The van der Waals surface area contributed by atoms with Crippen LogP contribution >= 0.6 is 0 Å². The number of nitrogens with zero attached hydrogens (tertiary/aromatic N) is 5. The number of ether oxygens (including phenoxy) is 1. The van der Waals surface area contributed by atoms with Crippen molar-refractivity contribution in [2.24, 2.45) is 0 Å². The Morgan fingerprint density at radius 1 is 1.05 bits per heavy atom. The molecule has 0 saturated carbocycles. The van der Waals surface area contributed by atoms with Crippen LogP contribution in [0.3, 0.4) is 0 Å². The van der Waals surface area contributed by atoms with Crippen molar-refractivity contribution in [3.8, 4) is 11.5 Å². The van der Waals surface area contributed by atoms with Crippen LogP contribution in [0.1, 0.15) is 65.1 Å². The van der Waals surface area contributed by atoms with Crippen molar-refractivity contribution < 1.29 is 27.2 Å². The molecular weight excluding hydrogens is 582 g/mol. The summed E-state index contributed by atoms with van der Waals surface area (Å²) < 4.78 is 41.5. The first kappa shape index (κ1) is 30.0. The fourth-order valence-corrected chi connectivity index (χ4v) is 7.56. The number of benzene rings is 3. The maximum Gasteiger partial charge on any atom is 0.386 e. The third-order valence-electron chi connectivity index (χ3n) is 8.81. The van der Waals surface area contributed by atoms with E-state index < -0.39 is 28.2 Å². The van der Waals surface area contributed by atoms with Gasteiger partial charge in [-0.05, 0) is 86.3 Å². The van der Waals surface area contributed by atoms with Crippen LogP contribution in [0.25, 0.3) is 11.0 Å². The molecule has 0 radical (unpaired) electrons. The van der Waals surface area contributed by atoms with E-state index in [0.29, 0.717) is 24.7 Å². The van der Waals surface area contributed by atoms with Gasteiger partial charge in [-0.1, -0.05) is 29.5 Å². The number of carboxylic acid groups (broad SMARTS) is 1. The third kappa shape index (κ3) is 5.76. The Balaban J connectivity index is 1.47. The molecule has 12 heteroatoms. The molecule has 0 spiro atoms. The summed E-state index contributed by atoms with van der Waals surface area (Å²) in [5, 5.41) is 18.9. The summed E-state index contributed by atoms with van der Waals surface area (Å²) in [5.74, 6) is -0.462. The largest absolute Gasteiger partial charge is 0.494 e. The number of fused-ring (bicyclic) bond motifs is 7. The molecule has 0 amide bonds. The van der Waals surface area contributed by atoms with E-state index in [0.717, 1.165) is 63.9 Å². The first-order chi connectivity index (χ1) is 21.0. The van der Waals surface area contributed by atoms with Crippen molar-refractivity contribution in [2.75, 3.05) is 26.7 Å². The lowest BCUT2D eigenvalue weighted by molar-refractivity contribution is -0.137. The minimum Gasteiger partial charge on any atom is -0.494 e. The molecule has 0 saturated heterocycles. The summed E-state index contributed by atoms with van der Waals surface area (Å²) in [5.41, 5.74) is 6.53. The zero-order valence-corrected chi connectivity index (χ0v) is 26.2. The zero-order valence-electron chi connectivity index (χ0n) is 25.4. The van der Waals surface area contributed by atoms with E-state index >= 15 is 0 Å². The zero-order chi connectivity index (χ0) is 31.2. The van der Waals surface area contributed by atoms with Gasteiger partial charge in [0.05, 0.1) is 31.1 Å². The van der Waals surface area contributed by atoms with Gasteiger partial charge in [-0.25, -0.2) is 4.68 Å². The summed E-state index contributed by atoms with van der Waals surface area (Å²) in [6, 6.07) is 14.3. The summed E-state index contributed by atoms with van der Waals surface area (Å²) >= 11 is 0. The summed E-state index contributed by atoms with van der Waals surface area (Å²) in [6.07, 6.45) is 0.673. The minimum atomic E-state index is -4.10. The summed E-state index contributed by atoms with van der Waals surface area (Å²) in [7, 11) is -2.04. The van der Waals surface area contributed by atoms with E-state index in [4.69, 9.17) is 8.92 Å². The van der Waals surface area contributed by atoms with Gasteiger partial charge in [-0.3, -0.25) is 4.79 Å². The molecule has 1 unspecified atom stereocenters. The van der Waals surface area contributed by atoms with Crippen LogP contribution in [0.2, 0.25) is 0 Å². The third-order valence-corrected chi connectivity index (χ3v) is 10.2. The van der Waals surface area contributed by atoms with Crippen molar-refractivity contribution in [1.29, 1.82) is 0 Å². The molecule has 3 aromatic carbocycles. The highest BCUT2D eigenvalue weighted by Crippen LogP contribution is 2.40. The van der Waals surface area contributed by atoms with Crippen molar-refractivity contribution in [2.45, 2.75) is 58.7 Å². The van der Waals surface area contributed by atoms with Gasteiger partial charge in [0.1, 0.15) is 17.0 Å². The Hall–Kier alpha value is -4.00. The number of carbonyl (C=O) groups is 1. The molecule has 0 fully saturated rings. The van der Waals surface area contributed by atoms with E-state index in [2.05, 4.69) is 22.3 Å². The first-order valence-corrected chi connectivity index (χ1v) is 16.2. The predicted octanol–water partition coefficient (Wildman–Crippen LogP) is 4.57. The highest BCUT2D eigenvalue weighted by molar-refractivity contribution is 7.84. The molecule has 4 aromatic rings. The van der Waals surface area contributed by atoms with Crippen LogP contribution in [0.15, 0.2) is 48.5 Å². The minimum absolute atomic E-state index is 0.117. The van der Waals surface area contributed by atoms with E-state index in [9.17, 15) is 18.3 Å². The monoisotopic (exact) mass is 619 g/mol. The van der Waals surface area contributed by atoms with Crippen molar-refractivity contribution >= 4 is 27.3 Å². The van der Waals surface area contributed by atoms with Crippen molar-refractivity contribution in [3.63, 3.8) is 0 Å². The lowest BCUT2D eigenvalue weighted by Crippen LogP contribution is -2.39. The van der Waals surface area contributed by atoms with Crippen LogP contribution in [0.5, 0.6) is 11.5 Å². The summed E-state index contributed by atoms with van der Waals surface area (Å²) in [4.78, 5) is 14.4.